The minimum Gasteiger partial charge on any atom is -0.341 e. The summed E-state index contributed by atoms with van der Waals surface area (Å²) in [6, 6.07) is 10.6. The molecule has 1 aromatic heterocycles. The van der Waals surface area contributed by atoms with Crippen molar-refractivity contribution in [3.05, 3.63) is 52.2 Å². The van der Waals surface area contributed by atoms with Gasteiger partial charge in [0.2, 0.25) is 17.8 Å². The lowest BCUT2D eigenvalue weighted by atomic mass is 10.1. The average molecular weight is 482 g/mol. The van der Waals surface area contributed by atoms with Crippen LogP contribution in [0, 0.1) is 6.92 Å². The summed E-state index contributed by atoms with van der Waals surface area (Å²) in [5.41, 5.74) is 1.83. The molecule has 9 heteroatoms. The molecule has 2 saturated heterocycles. The summed E-state index contributed by atoms with van der Waals surface area (Å²) in [7, 11) is 0. The fraction of sp³-hybridized carbons (Fsp3) is 0.440. The van der Waals surface area contributed by atoms with E-state index in [1.54, 1.807) is 11.0 Å². The molecular weight excluding hydrogens is 450 g/mol. The first-order chi connectivity index (χ1) is 16.5. The van der Waals surface area contributed by atoms with Crippen molar-refractivity contribution in [2.75, 3.05) is 31.5 Å². The van der Waals surface area contributed by atoms with Gasteiger partial charge in [0.15, 0.2) is 0 Å². The van der Waals surface area contributed by atoms with E-state index in [1.165, 1.54) is 11.3 Å². The van der Waals surface area contributed by atoms with Crippen LogP contribution >= 0.6 is 11.3 Å². The smallest absolute Gasteiger partial charge is 0.268 e. The number of carbonyl (C=O) groups excluding carboxylic acids is 3. The highest BCUT2D eigenvalue weighted by atomic mass is 32.1. The molecule has 1 atom stereocenters. The molecule has 180 valence electrons. The Morgan fingerprint density at radius 2 is 1.88 bits per heavy atom. The molecule has 8 nitrogen and oxygen atoms in total. The van der Waals surface area contributed by atoms with E-state index in [9.17, 15) is 14.4 Å². The molecule has 4 rings (SSSR count). The third-order valence-corrected chi connectivity index (χ3v) is 6.95. The molecule has 1 unspecified atom stereocenters. The van der Waals surface area contributed by atoms with Crippen LogP contribution in [0.4, 0.5) is 5.69 Å². The van der Waals surface area contributed by atoms with Gasteiger partial charge in [-0.1, -0.05) is 18.2 Å². The first kappa shape index (κ1) is 23.9. The van der Waals surface area contributed by atoms with Crippen LogP contribution in [0.1, 0.15) is 47.3 Å². The second kappa shape index (κ2) is 11.3. The molecule has 2 aliphatic heterocycles. The van der Waals surface area contributed by atoms with E-state index >= 15 is 0 Å². The van der Waals surface area contributed by atoms with E-state index in [1.807, 2.05) is 47.5 Å². The summed E-state index contributed by atoms with van der Waals surface area (Å²) >= 11 is 1.34. The quantitative estimate of drug-likeness (QED) is 0.506. The monoisotopic (exact) mass is 481 g/mol. The minimum atomic E-state index is -0.662. The van der Waals surface area contributed by atoms with Crippen molar-refractivity contribution >= 4 is 40.7 Å². The lowest BCUT2D eigenvalue weighted by Gasteiger charge is -2.25. The van der Waals surface area contributed by atoms with Gasteiger partial charge in [-0.15, -0.1) is 11.3 Å². The molecule has 0 radical (unpaired) electrons. The topological polar surface area (TPSA) is 94.1 Å². The number of aliphatic imine (C=N–C) groups is 1. The number of hydrogen-bond acceptors (Lipinski definition) is 5. The minimum absolute atomic E-state index is 0.000382. The molecule has 0 spiro atoms. The highest BCUT2D eigenvalue weighted by molar-refractivity contribution is 7.12. The van der Waals surface area contributed by atoms with Crippen LogP contribution in [-0.2, 0) is 9.59 Å². The third kappa shape index (κ3) is 6.22. The number of nitrogens with zero attached hydrogens (tertiary/aromatic N) is 3. The Kier molecular flexibility index (Phi) is 7.95. The van der Waals surface area contributed by atoms with E-state index in [0.717, 1.165) is 50.0 Å². The zero-order valence-electron chi connectivity index (χ0n) is 19.5. The van der Waals surface area contributed by atoms with Crippen molar-refractivity contribution in [3.8, 4) is 0 Å². The van der Waals surface area contributed by atoms with Gasteiger partial charge in [0.25, 0.3) is 5.91 Å². The van der Waals surface area contributed by atoms with Crippen LogP contribution in [0.15, 0.2) is 46.8 Å². The summed E-state index contributed by atoms with van der Waals surface area (Å²) in [6.45, 7) is 4.15. The van der Waals surface area contributed by atoms with Crippen molar-refractivity contribution in [1.82, 2.24) is 15.1 Å². The van der Waals surface area contributed by atoms with Crippen molar-refractivity contribution in [2.24, 2.45) is 4.99 Å². The number of thiophene rings is 1. The normalized spacial score (nSPS) is 19.1. The zero-order chi connectivity index (χ0) is 23.9. The molecule has 34 heavy (non-hydrogen) atoms. The van der Waals surface area contributed by atoms with E-state index in [-0.39, 0.29) is 30.2 Å². The second-order valence-corrected chi connectivity index (χ2v) is 9.71. The Morgan fingerprint density at radius 3 is 2.62 bits per heavy atom. The van der Waals surface area contributed by atoms with Crippen molar-refractivity contribution in [3.63, 3.8) is 0 Å². The van der Waals surface area contributed by atoms with Crippen molar-refractivity contribution in [2.45, 2.75) is 45.1 Å². The molecule has 2 fully saturated rings. The van der Waals surface area contributed by atoms with Crippen LogP contribution in [0.5, 0.6) is 0 Å². The molecule has 0 saturated carbocycles. The molecule has 1 aromatic carbocycles. The number of nitrogens with one attached hydrogen (secondary N) is 2. The summed E-state index contributed by atoms with van der Waals surface area (Å²) in [6.07, 6.45) is 4.26. The Morgan fingerprint density at radius 1 is 1.09 bits per heavy atom. The number of carbonyl (C=O) groups is 3. The lowest BCUT2D eigenvalue weighted by Crippen LogP contribution is -2.45. The molecule has 0 aliphatic carbocycles. The SMILES string of the molecule is Cc1cccc(NC(=NC2CCCCN(CC(=O)N3CCCC3)C2=O)NC(=O)c2cccs2)c1. The van der Waals surface area contributed by atoms with Gasteiger partial charge in [0.1, 0.15) is 6.04 Å². The fourth-order valence-corrected chi connectivity index (χ4v) is 4.90. The predicted octanol–water partition coefficient (Wildman–Crippen LogP) is 3.26. The van der Waals surface area contributed by atoms with Crippen LogP contribution in [0.25, 0.3) is 0 Å². The highest BCUT2D eigenvalue weighted by Gasteiger charge is 2.30. The number of anilines is 1. The predicted molar refractivity (Wildman–Crippen MR) is 134 cm³/mol. The maximum atomic E-state index is 13.4. The average Bonchev–Trinajstić information content (AvgIpc) is 3.52. The molecular formula is C25H31N5O3S. The van der Waals surface area contributed by atoms with Gasteiger partial charge in [-0.25, -0.2) is 4.99 Å². The third-order valence-electron chi connectivity index (χ3n) is 6.08. The molecule has 2 aliphatic rings. The number of aryl methyl sites for hydroxylation is 1. The maximum absolute atomic E-state index is 13.4. The van der Waals surface area contributed by atoms with Gasteiger partial charge in [-0.05, 0) is 68.2 Å². The maximum Gasteiger partial charge on any atom is 0.268 e. The van der Waals surface area contributed by atoms with Gasteiger partial charge in [0, 0.05) is 25.3 Å². The standard InChI is InChI=1S/C25H31N5O3S/c1-18-8-6-9-19(16-18)26-25(28-23(32)21-11-7-15-34-21)27-20-10-2-3-14-30(24(20)33)17-22(31)29-12-4-5-13-29/h6-9,11,15-16,20H,2-5,10,12-14,17H2,1H3,(H2,26,27,28,32). The Balaban J connectivity index is 1.53. The molecule has 0 bridgehead atoms. The molecule has 2 aromatic rings. The van der Waals surface area contributed by atoms with Crippen LogP contribution in [0.3, 0.4) is 0 Å². The van der Waals surface area contributed by atoms with E-state index in [4.69, 9.17) is 0 Å². The number of benzene rings is 1. The van der Waals surface area contributed by atoms with E-state index < -0.39 is 6.04 Å². The summed E-state index contributed by atoms with van der Waals surface area (Å²) in [5.74, 6) is -0.218. The fourth-order valence-electron chi connectivity index (χ4n) is 4.28. The van der Waals surface area contributed by atoms with E-state index in [0.29, 0.717) is 17.8 Å². The first-order valence-electron chi connectivity index (χ1n) is 11.8. The first-order valence-corrected chi connectivity index (χ1v) is 12.7. The van der Waals surface area contributed by atoms with Crippen LogP contribution < -0.4 is 10.6 Å². The lowest BCUT2D eigenvalue weighted by molar-refractivity contribution is -0.140. The highest BCUT2D eigenvalue weighted by Crippen LogP contribution is 2.18. The number of guanidine groups is 1. The van der Waals surface area contributed by atoms with Crippen molar-refractivity contribution < 1.29 is 14.4 Å². The Labute approximate surface area is 204 Å². The zero-order valence-corrected chi connectivity index (χ0v) is 20.3. The van der Waals surface area contributed by atoms with Crippen LogP contribution in [-0.4, -0.2) is 65.7 Å². The van der Waals surface area contributed by atoms with Gasteiger partial charge in [0.05, 0.1) is 11.4 Å². The summed E-state index contributed by atoms with van der Waals surface area (Å²) < 4.78 is 0. The summed E-state index contributed by atoms with van der Waals surface area (Å²) in [5, 5.41) is 7.86. The number of hydrogen-bond donors (Lipinski definition) is 2. The van der Waals surface area contributed by atoms with Gasteiger partial charge < -0.3 is 15.1 Å². The molecule has 2 N–H and O–H groups in total. The molecule has 3 heterocycles. The Hall–Kier alpha value is -3.20. The Bertz CT molecular complexity index is 1050. The molecule has 3 amide bonds. The van der Waals surface area contributed by atoms with Gasteiger partial charge in [-0.3, -0.25) is 19.7 Å². The number of rotatable bonds is 5. The van der Waals surface area contributed by atoms with Gasteiger partial charge >= 0.3 is 0 Å². The van der Waals surface area contributed by atoms with E-state index in [2.05, 4.69) is 15.6 Å². The van der Waals surface area contributed by atoms with Gasteiger partial charge in [-0.2, -0.15) is 0 Å². The largest absolute Gasteiger partial charge is 0.341 e. The number of likely N-dealkylation sites (tertiary alicyclic amines) is 2. The van der Waals surface area contributed by atoms with Crippen molar-refractivity contribution in [1.29, 1.82) is 0 Å². The number of amides is 3. The second-order valence-electron chi connectivity index (χ2n) is 8.76. The summed E-state index contributed by atoms with van der Waals surface area (Å²) in [4.78, 5) is 47.5. The van der Waals surface area contributed by atoms with Crippen LogP contribution in [0.2, 0.25) is 0 Å².